The Bertz CT molecular complexity index is 602. The van der Waals surface area contributed by atoms with Gasteiger partial charge >= 0.3 is 0 Å². The van der Waals surface area contributed by atoms with Crippen molar-refractivity contribution in [2.45, 2.75) is 32.2 Å². The lowest BCUT2D eigenvalue weighted by atomic mass is 9.86. The van der Waals surface area contributed by atoms with Crippen LogP contribution in [0.1, 0.15) is 25.5 Å². The van der Waals surface area contributed by atoms with Gasteiger partial charge < -0.3 is 10.6 Å². The van der Waals surface area contributed by atoms with Crippen molar-refractivity contribution >= 4 is 16.6 Å². The largest absolute Gasteiger partial charge is 0.351 e. The maximum absolute atomic E-state index is 6.33. The number of aryl methyl sites for hydroxylation is 1. The second kappa shape index (κ2) is 4.46. The second-order valence-corrected chi connectivity index (χ2v) is 5.62. The zero-order valence-electron chi connectivity index (χ0n) is 11.6. The maximum atomic E-state index is 6.33. The minimum absolute atomic E-state index is 0.0393. The van der Waals surface area contributed by atoms with Crippen LogP contribution in [0.5, 0.6) is 0 Å². The Morgan fingerprint density at radius 3 is 2.58 bits per heavy atom. The summed E-state index contributed by atoms with van der Waals surface area (Å²) in [6.07, 6.45) is 2.20. The molecule has 4 heteroatoms. The highest BCUT2D eigenvalue weighted by molar-refractivity contribution is 5.93. The standard InChI is InChI=1S/C15H20N4/c1-3-8-15(16)9-19(10-15)14-13-7-5-4-6-12(13)11(2)17-18-14/h4-7H,3,8-10,16H2,1-2H3. The maximum Gasteiger partial charge on any atom is 0.159 e. The minimum atomic E-state index is -0.0393. The molecule has 0 spiro atoms. The van der Waals surface area contributed by atoms with Crippen LogP contribution in [0, 0.1) is 6.92 Å². The van der Waals surface area contributed by atoms with Crippen molar-refractivity contribution in [3.8, 4) is 0 Å². The molecule has 1 aromatic heterocycles. The topological polar surface area (TPSA) is 55.0 Å². The van der Waals surface area contributed by atoms with Gasteiger partial charge in [-0.05, 0) is 13.3 Å². The molecule has 2 heterocycles. The first-order valence-electron chi connectivity index (χ1n) is 6.89. The predicted molar refractivity (Wildman–Crippen MR) is 78.3 cm³/mol. The average Bonchev–Trinajstić information content (AvgIpc) is 2.37. The van der Waals surface area contributed by atoms with Gasteiger partial charge in [-0.25, -0.2) is 0 Å². The molecule has 0 aliphatic carbocycles. The third-order valence-corrected chi connectivity index (χ3v) is 3.91. The highest BCUT2D eigenvalue weighted by Gasteiger charge is 2.39. The van der Waals surface area contributed by atoms with E-state index in [1.807, 2.05) is 13.0 Å². The molecule has 1 aliphatic rings. The number of nitrogens with two attached hydrogens (primary N) is 1. The molecule has 0 saturated carbocycles. The summed E-state index contributed by atoms with van der Waals surface area (Å²) in [6, 6.07) is 8.31. The van der Waals surface area contributed by atoms with Gasteiger partial charge in [0, 0.05) is 23.9 Å². The molecule has 0 unspecified atom stereocenters. The molecule has 1 aliphatic heterocycles. The van der Waals surface area contributed by atoms with Crippen LogP contribution < -0.4 is 10.6 Å². The lowest BCUT2D eigenvalue weighted by Crippen LogP contribution is -2.67. The number of anilines is 1. The van der Waals surface area contributed by atoms with E-state index in [9.17, 15) is 0 Å². The number of aromatic nitrogens is 2. The van der Waals surface area contributed by atoms with E-state index in [4.69, 9.17) is 5.73 Å². The summed E-state index contributed by atoms with van der Waals surface area (Å²) in [7, 11) is 0. The normalized spacial score (nSPS) is 17.5. The van der Waals surface area contributed by atoms with E-state index in [2.05, 4.69) is 40.2 Å². The Morgan fingerprint density at radius 2 is 1.89 bits per heavy atom. The van der Waals surface area contributed by atoms with E-state index >= 15 is 0 Å². The number of hydrogen-bond acceptors (Lipinski definition) is 4. The molecule has 0 amide bonds. The van der Waals surface area contributed by atoms with Gasteiger partial charge in [0.1, 0.15) is 0 Å². The predicted octanol–water partition coefficient (Wildman–Crippen LogP) is 2.26. The highest BCUT2D eigenvalue weighted by Crippen LogP contribution is 2.32. The van der Waals surface area contributed by atoms with Crippen LogP contribution in [0.2, 0.25) is 0 Å². The fraction of sp³-hybridized carbons (Fsp3) is 0.467. The van der Waals surface area contributed by atoms with E-state index in [0.717, 1.165) is 37.4 Å². The Labute approximate surface area is 113 Å². The molecule has 1 fully saturated rings. The molecule has 19 heavy (non-hydrogen) atoms. The average molecular weight is 256 g/mol. The van der Waals surface area contributed by atoms with Crippen molar-refractivity contribution in [1.29, 1.82) is 0 Å². The zero-order chi connectivity index (χ0) is 13.5. The lowest BCUT2D eigenvalue weighted by Gasteiger charge is -2.48. The SMILES string of the molecule is CCCC1(N)CN(c2nnc(C)c3ccccc23)C1. The highest BCUT2D eigenvalue weighted by atomic mass is 15.3. The second-order valence-electron chi connectivity index (χ2n) is 5.62. The minimum Gasteiger partial charge on any atom is -0.351 e. The first kappa shape index (κ1) is 12.4. The third-order valence-electron chi connectivity index (χ3n) is 3.91. The fourth-order valence-corrected chi connectivity index (χ4v) is 2.98. The van der Waals surface area contributed by atoms with E-state index in [0.29, 0.717) is 0 Å². The van der Waals surface area contributed by atoms with Gasteiger partial charge in [0.2, 0.25) is 0 Å². The van der Waals surface area contributed by atoms with E-state index in [-0.39, 0.29) is 5.54 Å². The van der Waals surface area contributed by atoms with Crippen LogP contribution in [0.15, 0.2) is 24.3 Å². The Hall–Kier alpha value is -1.68. The molecular weight excluding hydrogens is 236 g/mol. The van der Waals surface area contributed by atoms with Crippen LogP contribution in [0.3, 0.4) is 0 Å². The van der Waals surface area contributed by atoms with Crippen molar-refractivity contribution in [2.24, 2.45) is 5.73 Å². The van der Waals surface area contributed by atoms with Gasteiger partial charge in [-0.15, -0.1) is 5.10 Å². The number of benzene rings is 1. The Morgan fingerprint density at radius 1 is 1.21 bits per heavy atom. The molecule has 0 bridgehead atoms. The molecular formula is C15H20N4. The number of rotatable bonds is 3. The van der Waals surface area contributed by atoms with Crippen LogP contribution in [0.25, 0.3) is 10.8 Å². The van der Waals surface area contributed by atoms with E-state index in [1.54, 1.807) is 0 Å². The van der Waals surface area contributed by atoms with Crippen molar-refractivity contribution in [1.82, 2.24) is 10.2 Å². The monoisotopic (exact) mass is 256 g/mol. The van der Waals surface area contributed by atoms with Crippen LogP contribution in [0.4, 0.5) is 5.82 Å². The zero-order valence-corrected chi connectivity index (χ0v) is 11.6. The molecule has 3 rings (SSSR count). The van der Waals surface area contributed by atoms with Crippen molar-refractivity contribution in [3.63, 3.8) is 0 Å². The summed E-state index contributed by atoms with van der Waals surface area (Å²) in [4.78, 5) is 2.24. The third kappa shape index (κ3) is 2.06. The van der Waals surface area contributed by atoms with E-state index < -0.39 is 0 Å². The summed E-state index contributed by atoms with van der Waals surface area (Å²) in [5, 5.41) is 11.0. The van der Waals surface area contributed by atoms with Crippen molar-refractivity contribution in [3.05, 3.63) is 30.0 Å². The number of hydrogen-bond donors (Lipinski definition) is 1. The van der Waals surface area contributed by atoms with Gasteiger partial charge in [0.25, 0.3) is 0 Å². The summed E-state index contributed by atoms with van der Waals surface area (Å²) in [5.74, 6) is 0.971. The number of nitrogens with zero attached hydrogens (tertiary/aromatic N) is 3. The fourth-order valence-electron chi connectivity index (χ4n) is 2.98. The van der Waals surface area contributed by atoms with Crippen LogP contribution in [-0.2, 0) is 0 Å². The van der Waals surface area contributed by atoms with Gasteiger partial charge in [0.05, 0.1) is 11.2 Å². The molecule has 2 N–H and O–H groups in total. The van der Waals surface area contributed by atoms with Gasteiger partial charge in [0.15, 0.2) is 5.82 Å². The summed E-state index contributed by atoms with van der Waals surface area (Å²) >= 11 is 0. The molecule has 100 valence electrons. The lowest BCUT2D eigenvalue weighted by molar-refractivity contribution is 0.306. The van der Waals surface area contributed by atoms with Gasteiger partial charge in [-0.1, -0.05) is 37.6 Å². The Balaban J connectivity index is 1.93. The van der Waals surface area contributed by atoms with Gasteiger partial charge in [-0.2, -0.15) is 5.10 Å². The summed E-state index contributed by atoms with van der Waals surface area (Å²) in [5.41, 5.74) is 7.27. The molecule has 1 saturated heterocycles. The van der Waals surface area contributed by atoms with Crippen LogP contribution in [-0.4, -0.2) is 28.8 Å². The van der Waals surface area contributed by atoms with Crippen LogP contribution >= 0.6 is 0 Å². The first-order valence-corrected chi connectivity index (χ1v) is 6.89. The molecule has 4 nitrogen and oxygen atoms in total. The smallest absolute Gasteiger partial charge is 0.159 e. The molecule has 2 aromatic rings. The quantitative estimate of drug-likeness (QED) is 0.915. The van der Waals surface area contributed by atoms with Crippen molar-refractivity contribution in [2.75, 3.05) is 18.0 Å². The molecule has 1 aromatic carbocycles. The van der Waals surface area contributed by atoms with Gasteiger partial charge in [-0.3, -0.25) is 0 Å². The Kier molecular flexibility index (Phi) is 2.90. The summed E-state index contributed by atoms with van der Waals surface area (Å²) in [6.45, 7) is 5.93. The van der Waals surface area contributed by atoms with Crippen molar-refractivity contribution < 1.29 is 0 Å². The molecule has 0 radical (unpaired) electrons. The first-order chi connectivity index (χ1) is 9.13. The van der Waals surface area contributed by atoms with E-state index in [1.165, 1.54) is 10.8 Å². The summed E-state index contributed by atoms with van der Waals surface area (Å²) < 4.78 is 0. The molecule has 0 atom stereocenters. The number of fused-ring (bicyclic) bond motifs is 1.